The zero-order valence-corrected chi connectivity index (χ0v) is 14.6. The molecule has 1 atom stereocenters. The first-order valence-electron chi connectivity index (χ1n) is 9.04. The first-order chi connectivity index (χ1) is 12.7. The lowest BCUT2D eigenvalue weighted by Crippen LogP contribution is -2.39. The number of hydrogen-bond donors (Lipinski definition) is 0. The number of hydrogen-bond acceptors (Lipinski definition) is 3. The molecule has 0 aliphatic carbocycles. The van der Waals surface area contributed by atoms with Gasteiger partial charge in [-0.3, -0.25) is 9.59 Å². The lowest BCUT2D eigenvalue weighted by Gasteiger charge is -2.29. The van der Waals surface area contributed by atoms with Crippen molar-refractivity contribution in [2.45, 2.75) is 19.4 Å². The Kier molecular flexibility index (Phi) is 4.61. The molecule has 1 fully saturated rings. The molecule has 0 N–H and O–H groups in total. The highest BCUT2D eigenvalue weighted by atomic mass is 16.3. The van der Waals surface area contributed by atoms with E-state index in [1.165, 1.54) is 11.1 Å². The third kappa shape index (κ3) is 3.43. The zero-order chi connectivity index (χ0) is 17.9. The van der Waals surface area contributed by atoms with Gasteiger partial charge < -0.3 is 14.2 Å². The molecule has 0 spiro atoms. The molecule has 26 heavy (non-hydrogen) atoms. The van der Waals surface area contributed by atoms with E-state index in [0.29, 0.717) is 32.6 Å². The molecular formula is C21H22N2O3. The Bertz CT molecular complexity index is 811. The number of amides is 2. The summed E-state index contributed by atoms with van der Waals surface area (Å²) in [6.07, 6.45) is 4.88. The van der Waals surface area contributed by atoms with Crippen molar-refractivity contribution in [2.75, 3.05) is 19.6 Å². The summed E-state index contributed by atoms with van der Waals surface area (Å²) in [6.45, 7) is 2.24. The van der Waals surface area contributed by atoms with Crippen LogP contribution in [0.5, 0.6) is 0 Å². The maximum atomic E-state index is 12.8. The van der Waals surface area contributed by atoms with Crippen molar-refractivity contribution in [3.63, 3.8) is 0 Å². The van der Waals surface area contributed by atoms with Crippen LogP contribution >= 0.6 is 0 Å². The molecule has 0 bridgehead atoms. The number of rotatable bonds is 4. The van der Waals surface area contributed by atoms with Crippen molar-refractivity contribution in [3.8, 4) is 0 Å². The average molecular weight is 350 g/mol. The Balaban J connectivity index is 1.37. The number of likely N-dealkylation sites (tertiary alicyclic amines) is 1. The van der Waals surface area contributed by atoms with E-state index >= 15 is 0 Å². The Morgan fingerprint density at radius 3 is 2.69 bits per heavy atom. The van der Waals surface area contributed by atoms with Gasteiger partial charge in [0.2, 0.25) is 11.8 Å². The molecule has 2 aromatic rings. The second-order valence-corrected chi connectivity index (χ2v) is 6.88. The van der Waals surface area contributed by atoms with Crippen molar-refractivity contribution in [2.24, 2.45) is 5.92 Å². The van der Waals surface area contributed by atoms with E-state index in [1.807, 2.05) is 35.2 Å². The predicted octanol–water partition coefficient (Wildman–Crippen LogP) is 2.94. The Labute approximate surface area is 152 Å². The zero-order valence-electron chi connectivity index (χ0n) is 14.6. The van der Waals surface area contributed by atoms with Crippen LogP contribution in [0.2, 0.25) is 0 Å². The number of furan rings is 1. The summed E-state index contributed by atoms with van der Waals surface area (Å²) in [4.78, 5) is 28.7. The van der Waals surface area contributed by atoms with Crippen molar-refractivity contribution in [3.05, 3.63) is 66.1 Å². The second kappa shape index (κ2) is 7.20. The molecule has 1 saturated heterocycles. The summed E-state index contributed by atoms with van der Waals surface area (Å²) < 4.78 is 5.31. The predicted molar refractivity (Wildman–Crippen MR) is 97.8 cm³/mol. The molecule has 3 heterocycles. The average Bonchev–Trinajstić information content (AvgIpc) is 3.32. The van der Waals surface area contributed by atoms with Crippen LogP contribution < -0.4 is 0 Å². The SMILES string of the molecule is O=C1CC(C(=O)N2CC=C(c3ccccc3)CC2)CN1Cc1ccco1. The number of carbonyl (C=O) groups is 2. The summed E-state index contributed by atoms with van der Waals surface area (Å²) in [7, 11) is 0. The first-order valence-corrected chi connectivity index (χ1v) is 9.04. The lowest BCUT2D eigenvalue weighted by molar-refractivity contribution is -0.135. The monoisotopic (exact) mass is 350 g/mol. The van der Waals surface area contributed by atoms with Crippen LogP contribution in [0.15, 0.2) is 59.2 Å². The summed E-state index contributed by atoms with van der Waals surface area (Å²) in [5.74, 6) is 0.616. The Hall–Kier alpha value is -2.82. The molecule has 0 saturated carbocycles. The molecule has 0 radical (unpaired) electrons. The molecule has 2 amide bonds. The van der Waals surface area contributed by atoms with Crippen LogP contribution in [0.3, 0.4) is 0 Å². The van der Waals surface area contributed by atoms with Gasteiger partial charge in [-0.15, -0.1) is 0 Å². The van der Waals surface area contributed by atoms with Gasteiger partial charge >= 0.3 is 0 Å². The summed E-state index contributed by atoms with van der Waals surface area (Å²) in [5.41, 5.74) is 2.51. The molecular weight excluding hydrogens is 328 g/mol. The molecule has 2 aliphatic rings. The van der Waals surface area contributed by atoms with E-state index < -0.39 is 0 Å². The van der Waals surface area contributed by atoms with Gasteiger partial charge in [0.1, 0.15) is 5.76 Å². The van der Waals surface area contributed by atoms with Crippen LogP contribution in [0, 0.1) is 5.92 Å². The van der Waals surface area contributed by atoms with Gasteiger partial charge in [0, 0.05) is 26.1 Å². The van der Waals surface area contributed by atoms with Gasteiger partial charge in [0.25, 0.3) is 0 Å². The van der Waals surface area contributed by atoms with Crippen LogP contribution in [0.4, 0.5) is 0 Å². The van der Waals surface area contributed by atoms with Crippen molar-refractivity contribution in [1.29, 1.82) is 0 Å². The molecule has 2 aliphatic heterocycles. The van der Waals surface area contributed by atoms with E-state index in [1.54, 1.807) is 11.2 Å². The molecule has 1 aromatic carbocycles. The lowest BCUT2D eigenvalue weighted by atomic mass is 9.98. The second-order valence-electron chi connectivity index (χ2n) is 6.88. The van der Waals surface area contributed by atoms with E-state index in [9.17, 15) is 9.59 Å². The van der Waals surface area contributed by atoms with E-state index in [-0.39, 0.29) is 17.7 Å². The van der Waals surface area contributed by atoms with Crippen LogP contribution in [-0.4, -0.2) is 41.2 Å². The molecule has 1 aromatic heterocycles. The van der Waals surface area contributed by atoms with Gasteiger partial charge in [0.05, 0.1) is 18.7 Å². The number of nitrogens with zero attached hydrogens (tertiary/aromatic N) is 2. The molecule has 1 unspecified atom stereocenters. The molecule has 5 heteroatoms. The quantitative estimate of drug-likeness (QED) is 0.852. The fourth-order valence-corrected chi connectivity index (χ4v) is 3.72. The Morgan fingerprint density at radius 1 is 1.15 bits per heavy atom. The number of benzene rings is 1. The fourth-order valence-electron chi connectivity index (χ4n) is 3.72. The van der Waals surface area contributed by atoms with Crippen molar-refractivity contribution < 1.29 is 14.0 Å². The van der Waals surface area contributed by atoms with Crippen molar-refractivity contribution in [1.82, 2.24) is 9.80 Å². The normalized spacial score (nSPS) is 20.4. The fraction of sp³-hybridized carbons (Fsp3) is 0.333. The van der Waals surface area contributed by atoms with Gasteiger partial charge in [0.15, 0.2) is 0 Å². The van der Waals surface area contributed by atoms with Crippen LogP contribution in [-0.2, 0) is 16.1 Å². The number of carbonyl (C=O) groups excluding carboxylic acids is 2. The summed E-state index contributed by atoms with van der Waals surface area (Å²) >= 11 is 0. The third-order valence-corrected chi connectivity index (χ3v) is 5.16. The van der Waals surface area contributed by atoms with Gasteiger partial charge in [-0.25, -0.2) is 0 Å². The molecule has 4 rings (SSSR count). The van der Waals surface area contributed by atoms with E-state index in [2.05, 4.69) is 18.2 Å². The third-order valence-electron chi connectivity index (χ3n) is 5.16. The minimum absolute atomic E-state index is 0.0253. The maximum Gasteiger partial charge on any atom is 0.228 e. The highest BCUT2D eigenvalue weighted by Crippen LogP contribution is 2.26. The van der Waals surface area contributed by atoms with Gasteiger partial charge in [-0.05, 0) is 29.7 Å². The molecule has 5 nitrogen and oxygen atoms in total. The highest BCUT2D eigenvalue weighted by Gasteiger charge is 2.37. The van der Waals surface area contributed by atoms with Gasteiger partial charge in [-0.2, -0.15) is 0 Å². The maximum absolute atomic E-state index is 12.8. The minimum Gasteiger partial charge on any atom is -0.467 e. The smallest absolute Gasteiger partial charge is 0.228 e. The minimum atomic E-state index is -0.246. The highest BCUT2D eigenvalue weighted by molar-refractivity contribution is 5.89. The van der Waals surface area contributed by atoms with Crippen molar-refractivity contribution >= 4 is 17.4 Å². The largest absolute Gasteiger partial charge is 0.467 e. The Morgan fingerprint density at radius 2 is 2.00 bits per heavy atom. The standard InChI is InChI=1S/C21H22N2O3/c24-20-13-18(14-23(20)15-19-7-4-12-26-19)21(25)22-10-8-17(9-11-22)16-5-2-1-3-6-16/h1-8,12,18H,9-11,13-15H2. The first kappa shape index (κ1) is 16.6. The summed E-state index contributed by atoms with van der Waals surface area (Å²) in [6, 6.07) is 13.9. The topological polar surface area (TPSA) is 53.8 Å². The van der Waals surface area contributed by atoms with Crippen LogP contribution in [0.25, 0.3) is 5.57 Å². The van der Waals surface area contributed by atoms with Gasteiger partial charge in [-0.1, -0.05) is 36.4 Å². The van der Waals surface area contributed by atoms with E-state index in [4.69, 9.17) is 4.42 Å². The summed E-state index contributed by atoms with van der Waals surface area (Å²) in [5, 5.41) is 0. The van der Waals surface area contributed by atoms with E-state index in [0.717, 1.165) is 12.2 Å². The van der Waals surface area contributed by atoms with Crippen LogP contribution in [0.1, 0.15) is 24.2 Å². The molecule has 134 valence electrons.